The third-order valence-corrected chi connectivity index (χ3v) is 3.61. The molecule has 0 saturated carbocycles. The first-order chi connectivity index (χ1) is 9.40. The van der Waals surface area contributed by atoms with Crippen LogP contribution in [-0.4, -0.2) is 12.1 Å². The Bertz CT molecular complexity index is 601. The quantitative estimate of drug-likeness (QED) is 0.904. The molecule has 108 valence electrons. The van der Waals surface area contributed by atoms with E-state index in [1.54, 1.807) is 6.20 Å². The lowest BCUT2D eigenvalue weighted by atomic mass is 10.1. The van der Waals surface area contributed by atoms with Crippen LogP contribution < -0.4 is 10.1 Å². The Hall–Kier alpha value is -1.47. The van der Waals surface area contributed by atoms with Crippen molar-refractivity contribution in [1.29, 1.82) is 0 Å². The first kappa shape index (κ1) is 14.9. The maximum Gasteiger partial charge on any atom is 0.420 e. The Morgan fingerprint density at radius 2 is 2.15 bits per heavy atom. The van der Waals surface area contributed by atoms with Crippen LogP contribution in [0.15, 0.2) is 24.4 Å². The van der Waals surface area contributed by atoms with Crippen LogP contribution in [0.1, 0.15) is 10.4 Å². The number of nitrogens with one attached hydrogen (secondary N) is 1. The molecule has 8 heteroatoms. The van der Waals surface area contributed by atoms with Crippen molar-refractivity contribution >= 4 is 28.6 Å². The molecule has 0 aliphatic heterocycles. The molecule has 0 aliphatic carbocycles. The van der Waals surface area contributed by atoms with E-state index in [0.29, 0.717) is 16.7 Å². The van der Waals surface area contributed by atoms with Crippen LogP contribution in [0.4, 0.5) is 18.9 Å². The van der Waals surface area contributed by atoms with Gasteiger partial charge in [-0.3, -0.25) is 0 Å². The molecule has 0 atom stereocenters. The number of methoxy groups -OCH3 is 1. The summed E-state index contributed by atoms with van der Waals surface area (Å²) >= 11 is 6.95. The molecular weight excluding hydrogens is 313 g/mol. The van der Waals surface area contributed by atoms with E-state index in [9.17, 15) is 13.2 Å². The van der Waals surface area contributed by atoms with Gasteiger partial charge in [0.2, 0.25) is 0 Å². The molecular formula is C12H10ClF3N2OS. The summed E-state index contributed by atoms with van der Waals surface area (Å²) in [5, 5.41) is 2.89. The number of halogens is 4. The molecule has 20 heavy (non-hydrogen) atoms. The SMILES string of the molecule is COc1ccc(NCc2cnc(Cl)s2)cc1C(F)(F)F. The molecule has 0 spiro atoms. The van der Waals surface area contributed by atoms with Gasteiger partial charge in [-0.2, -0.15) is 13.2 Å². The van der Waals surface area contributed by atoms with Gasteiger partial charge in [0.05, 0.1) is 19.2 Å². The maximum absolute atomic E-state index is 12.8. The zero-order valence-electron chi connectivity index (χ0n) is 10.3. The lowest BCUT2D eigenvalue weighted by Crippen LogP contribution is -2.08. The van der Waals surface area contributed by atoms with Crippen molar-refractivity contribution in [1.82, 2.24) is 4.98 Å². The monoisotopic (exact) mass is 322 g/mol. The van der Waals surface area contributed by atoms with Gasteiger partial charge < -0.3 is 10.1 Å². The van der Waals surface area contributed by atoms with Gasteiger partial charge in [0.25, 0.3) is 0 Å². The average Bonchev–Trinajstić information content (AvgIpc) is 2.81. The van der Waals surface area contributed by atoms with Gasteiger partial charge in [-0.15, -0.1) is 11.3 Å². The van der Waals surface area contributed by atoms with E-state index in [-0.39, 0.29) is 5.75 Å². The molecule has 0 unspecified atom stereocenters. The fraction of sp³-hybridized carbons (Fsp3) is 0.250. The van der Waals surface area contributed by atoms with Crippen LogP contribution >= 0.6 is 22.9 Å². The molecule has 0 aliphatic rings. The van der Waals surface area contributed by atoms with Gasteiger partial charge in [-0.25, -0.2) is 4.98 Å². The van der Waals surface area contributed by atoms with E-state index in [0.717, 1.165) is 10.9 Å². The third-order valence-electron chi connectivity index (χ3n) is 2.50. The van der Waals surface area contributed by atoms with Crippen molar-refractivity contribution in [2.75, 3.05) is 12.4 Å². The number of aromatic nitrogens is 1. The van der Waals surface area contributed by atoms with Crippen molar-refractivity contribution < 1.29 is 17.9 Å². The maximum atomic E-state index is 12.8. The number of anilines is 1. The smallest absolute Gasteiger partial charge is 0.420 e. The van der Waals surface area contributed by atoms with E-state index in [4.69, 9.17) is 16.3 Å². The Morgan fingerprint density at radius 1 is 1.40 bits per heavy atom. The van der Waals surface area contributed by atoms with Crippen LogP contribution in [0.3, 0.4) is 0 Å². The van der Waals surface area contributed by atoms with Gasteiger partial charge >= 0.3 is 6.18 Å². The molecule has 1 aromatic heterocycles. The van der Waals surface area contributed by atoms with Gasteiger partial charge in [0.15, 0.2) is 4.47 Å². The molecule has 0 radical (unpaired) electrons. The van der Waals surface area contributed by atoms with E-state index in [2.05, 4.69) is 10.3 Å². The van der Waals surface area contributed by atoms with Gasteiger partial charge in [0, 0.05) is 16.8 Å². The second-order valence-electron chi connectivity index (χ2n) is 3.85. The highest BCUT2D eigenvalue weighted by molar-refractivity contribution is 7.15. The fourth-order valence-corrected chi connectivity index (χ4v) is 2.51. The topological polar surface area (TPSA) is 34.1 Å². The summed E-state index contributed by atoms with van der Waals surface area (Å²) in [4.78, 5) is 4.69. The van der Waals surface area contributed by atoms with E-state index in [1.165, 1.54) is 30.6 Å². The van der Waals surface area contributed by atoms with Gasteiger partial charge in [-0.1, -0.05) is 11.6 Å². The number of hydrogen-bond donors (Lipinski definition) is 1. The molecule has 0 fully saturated rings. The number of alkyl halides is 3. The van der Waals surface area contributed by atoms with Crippen molar-refractivity contribution in [3.63, 3.8) is 0 Å². The second kappa shape index (κ2) is 5.88. The number of thiazole rings is 1. The Morgan fingerprint density at radius 3 is 2.70 bits per heavy atom. The van der Waals surface area contributed by atoms with Gasteiger partial charge in [-0.05, 0) is 18.2 Å². The normalized spacial score (nSPS) is 11.4. The highest BCUT2D eigenvalue weighted by Crippen LogP contribution is 2.37. The van der Waals surface area contributed by atoms with E-state index in [1.807, 2.05) is 0 Å². The van der Waals surface area contributed by atoms with Crippen LogP contribution in [0.2, 0.25) is 4.47 Å². The number of hydrogen-bond acceptors (Lipinski definition) is 4. The zero-order chi connectivity index (χ0) is 14.8. The van der Waals surface area contributed by atoms with Crippen LogP contribution in [0.25, 0.3) is 0 Å². The molecule has 1 aromatic carbocycles. The van der Waals surface area contributed by atoms with Gasteiger partial charge in [0.1, 0.15) is 5.75 Å². The summed E-state index contributed by atoms with van der Waals surface area (Å²) in [6.07, 6.45) is -2.88. The largest absolute Gasteiger partial charge is 0.496 e. The molecule has 1 N–H and O–H groups in total. The predicted molar refractivity (Wildman–Crippen MR) is 72.4 cm³/mol. The Labute approximate surface area is 122 Å². The molecule has 0 amide bonds. The Balaban J connectivity index is 2.16. The minimum Gasteiger partial charge on any atom is -0.496 e. The minimum atomic E-state index is -4.46. The first-order valence-electron chi connectivity index (χ1n) is 5.49. The summed E-state index contributed by atoms with van der Waals surface area (Å²) in [6.45, 7) is 0.355. The molecule has 1 heterocycles. The number of nitrogens with zero attached hydrogens (tertiary/aromatic N) is 1. The first-order valence-corrected chi connectivity index (χ1v) is 6.69. The summed E-state index contributed by atoms with van der Waals surface area (Å²) < 4.78 is 43.7. The van der Waals surface area contributed by atoms with Crippen molar-refractivity contribution in [2.45, 2.75) is 12.7 Å². The minimum absolute atomic E-state index is 0.205. The Kier molecular flexibility index (Phi) is 4.39. The summed E-state index contributed by atoms with van der Waals surface area (Å²) in [5.41, 5.74) is -0.463. The fourth-order valence-electron chi connectivity index (χ4n) is 1.59. The third kappa shape index (κ3) is 3.55. The second-order valence-corrected chi connectivity index (χ2v) is 5.54. The average molecular weight is 323 g/mol. The number of ether oxygens (including phenoxy) is 1. The van der Waals surface area contributed by atoms with Crippen molar-refractivity contribution in [3.8, 4) is 5.75 Å². The lowest BCUT2D eigenvalue weighted by molar-refractivity contribution is -0.138. The van der Waals surface area contributed by atoms with Crippen LogP contribution in [-0.2, 0) is 12.7 Å². The summed E-state index contributed by atoms with van der Waals surface area (Å²) in [6, 6.07) is 3.82. The van der Waals surface area contributed by atoms with Crippen LogP contribution in [0.5, 0.6) is 5.75 Å². The molecule has 2 rings (SSSR count). The van der Waals surface area contributed by atoms with E-state index < -0.39 is 11.7 Å². The van der Waals surface area contributed by atoms with Crippen molar-refractivity contribution in [3.05, 3.63) is 39.3 Å². The number of benzene rings is 1. The predicted octanol–water partition coefficient (Wildman–Crippen LogP) is 4.44. The molecule has 0 bridgehead atoms. The van der Waals surface area contributed by atoms with Crippen molar-refractivity contribution in [2.24, 2.45) is 0 Å². The standard InChI is InChI=1S/C12H10ClF3N2OS/c1-19-10-3-2-7(4-9(10)12(14,15)16)17-5-8-6-18-11(13)20-8/h2-4,6,17H,5H2,1H3. The molecule has 2 aromatic rings. The lowest BCUT2D eigenvalue weighted by Gasteiger charge is -2.14. The number of rotatable bonds is 4. The highest BCUT2D eigenvalue weighted by Gasteiger charge is 2.34. The zero-order valence-corrected chi connectivity index (χ0v) is 11.9. The molecule has 3 nitrogen and oxygen atoms in total. The highest BCUT2D eigenvalue weighted by atomic mass is 35.5. The van der Waals surface area contributed by atoms with Crippen LogP contribution in [0, 0.1) is 0 Å². The summed E-state index contributed by atoms with van der Waals surface area (Å²) in [5.74, 6) is -0.205. The molecule has 0 saturated heterocycles. The van der Waals surface area contributed by atoms with E-state index >= 15 is 0 Å². The summed E-state index contributed by atoms with van der Waals surface area (Å²) in [7, 11) is 1.21.